The lowest BCUT2D eigenvalue weighted by Crippen LogP contribution is -2.44. The van der Waals surface area contributed by atoms with Gasteiger partial charge in [0.2, 0.25) is 15.9 Å². The Balaban J connectivity index is 1.61. The predicted octanol–water partition coefficient (Wildman–Crippen LogP) is 2.94. The summed E-state index contributed by atoms with van der Waals surface area (Å²) in [5.41, 5.74) is 1.52. The molecule has 0 unspecified atom stereocenters. The Morgan fingerprint density at radius 2 is 1.88 bits per heavy atom. The van der Waals surface area contributed by atoms with Gasteiger partial charge in [-0.05, 0) is 55.4 Å². The molecule has 3 atom stereocenters. The van der Waals surface area contributed by atoms with Crippen LogP contribution in [0.2, 0.25) is 0 Å². The molecule has 1 saturated carbocycles. The summed E-state index contributed by atoms with van der Waals surface area (Å²) in [6.07, 6.45) is 5.89. The van der Waals surface area contributed by atoms with Crippen LogP contribution in [0.1, 0.15) is 50.5 Å². The second-order valence-corrected chi connectivity index (χ2v) is 9.35. The Morgan fingerprint density at radius 3 is 2.67 bits per heavy atom. The van der Waals surface area contributed by atoms with E-state index in [2.05, 4.69) is 5.32 Å². The van der Waals surface area contributed by atoms with Crippen LogP contribution in [0.3, 0.4) is 0 Å². The van der Waals surface area contributed by atoms with Gasteiger partial charge in [-0.3, -0.25) is 4.79 Å². The highest BCUT2D eigenvalue weighted by Gasteiger charge is 2.37. The van der Waals surface area contributed by atoms with Crippen molar-refractivity contribution in [2.75, 3.05) is 18.4 Å². The molecule has 130 valence electrons. The van der Waals surface area contributed by atoms with E-state index >= 15 is 0 Å². The van der Waals surface area contributed by atoms with Crippen molar-refractivity contribution in [2.24, 2.45) is 11.8 Å². The first-order valence-corrected chi connectivity index (χ1v) is 10.4. The Kier molecular flexibility index (Phi) is 3.92. The maximum absolute atomic E-state index is 13.1. The van der Waals surface area contributed by atoms with E-state index in [0.717, 1.165) is 24.1 Å². The lowest BCUT2D eigenvalue weighted by molar-refractivity contribution is -0.116. The molecule has 1 saturated heterocycles. The van der Waals surface area contributed by atoms with Crippen molar-refractivity contribution < 1.29 is 13.2 Å². The van der Waals surface area contributed by atoms with Gasteiger partial charge in [0.1, 0.15) is 0 Å². The number of anilines is 1. The maximum Gasteiger partial charge on any atom is 0.243 e. The van der Waals surface area contributed by atoms with Crippen LogP contribution in [-0.2, 0) is 14.8 Å². The highest BCUT2D eigenvalue weighted by molar-refractivity contribution is 7.89. The zero-order valence-corrected chi connectivity index (χ0v) is 14.8. The summed E-state index contributed by atoms with van der Waals surface area (Å²) < 4.78 is 27.8. The first-order valence-electron chi connectivity index (χ1n) is 8.92. The number of carbonyl (C=O) groups is 1. The minimum Gasteiger partial charge on any atom is -0.325 e. The zero-order valence-electron chi connectivity index (χ0n) is 14.0. The largest absolute Gasteiger partial charge is 0.325 e. The number of hydrogen-bond donors (Lipinski definition) is 1. The smallest absolute Gasteiger partial charge is 0.243 e. The summed E-state index contributed by atoms with van der Waals surface area (Å²) in [6, 6.07) is 5.02. The number of nitrogens with one attached hydrogen (secondary N) is 1. The van der Waals surface area contributed by atoms with Gasteiger partial charge in [0, 0.05) is 18.8 Å². The summed E-state index contributed by atoms with van der Waals surface area (Å²) >= 11 is 0. The Bertz CT molecular complexity index is 774. The number of hydrogen-bond acceptors (Lipinski definition) is 3. The first kappa shape index (κ1) is 16.1. The molecule has 0 spiro atoms. The summed E-state index contributed by atoms with van der Waals surface area (Å²) in [7, 11) is -3.48. The third kappa shape index (κ3) is 2.56. The molecular formula is C18H24N2O3S. The highest BCUT2D eigenvalue weighted by atomic mass is 32.2. The number of piperidine rings is 1. The average Bonchev–Trinajstić information content (AvgIpc) is 2.88. The average molecular weight is 348 g/mol. The molecule has 2 fully saturated rings. The number of nitrogens with zero attached hydrogens (tertiary/aromatic N) is 1. The fourth-order valence-corrected chi connectivity index (χ4v) is 6.04. The third-order valence-electron chi connectivity index (χ3n) is 6.03. The van der Waals surface area contributed by atoms with Crippen molar-refractivity contribution in [2.45, 2.75) is 49.8 Å². The standard InChI is InChI=1S/C18H24N2O3S/c1-12-16-10-15(6-7-17(16)19-18(12)21)24(22,23)20-9-8-13-4-2-3-5-14(13)11-20/h6-7,10,12-14H,2-5,8-9,11H2,1H3,(H,19,21)/t12-,13-,14+/m0/s1. The Morgan fingerprint density at radius 1 is 1.12 bits per heavy atom. The minimum atomic E-state index is -3.48. The summed E-state index contributed by atoms with van der Waals surface area (Å²) in [5, 5.41) is 2.80. The number of sulfonamides is 1. The molecule has 24 heavy (non-hydrogen) atoms. The van der Waals surface area contributed by atoms with Gasteiger partial charge in [0.25, 0.3) is 0 Å². The van der Waals surface area contributed by atoms with Crippen LogP contribution in [0.4, 0.5) is 5.69 Å². The van der Waals surface area contributed by atoms with Crippen molar-refractivity contribution in [3.05, 3.63) is 23.8 Å². The molecule has 2 aliphatic heterocycles. The first-order chi connectivity index (χ1) is 11.5. The number of amides is 1. The van der Waals surface area contributed by atoms with Crippen molar-refractivity contribution in [3.8, 4) is 0 Å². The second-order valence-electron chi connectivity index (χ2n) is 7.42. The number of fused-ring (bicyclic) bond motifs is 2. The van der Waals surface area contributed by atoms with Gasteiger partial charge >= 0.3 is 0 Å². The monoisotopic (exact) mass is 348 g/mol. The van der Waals surface area contributed by atoms with E-state index in [4.69, 9.17) is 0 Å². The van der Waals surface area contributed by atoms with Gasteiger partial charge < -0.3 is 5.32 Å². The lowest BCUT2D eigenvalue weighted by Gasteiger charge is -2.40. The molecule has 3 aliphatic rings. The van der Waals surface area contributed by atoms with Gasteiger partial charge in [-0.25, -0.2) is 8.42 Å². The predicted molar refractivity (Wildman–Crippen MR) is 92.3 cm³/mol. The van der Waals surface area contributed by atoms with Crippen LogP contribution in [0.5, 0.6) is 0 Å². The fourth-order valence-electron chi connectivity index (χ4n) is 4.49. The summed E-state index contributed by atoms with van der Waals surface area (Å²) in [4.78, 5) is 12.1. The maximum atomic E-state index is 13.1. The van der Waals surface area contributed by atoms with E-state index < -0.39 is 10.0 Å². The molecule has 6 heteroatoms. The SMILES string of the molecule is C[C@@H]1C(=O)Nc2ccc(S(=O)(=O)N3CC[C@@H]4CCCC[C@@H]4C3)cc21. The molecule has 5 nitrogen and oxygen atoms in total. The molecular weight excluding hydrogens is 324 g/mol. The van der Waals surface area contributed by atoms with Crippen LogP contribution in [0.15, 0.2) is 23.1 Å². The molecule has 0 radical (unpaired) electrons. The van der Waals surface area contributed by atoms with Crippen molar-refractivity contribution in [1.29, 1.82) is 0 Å². The number of carbonyl (C=O) groups excluding carboxylic acids is 1. The number of rotatable bonds is 2. The highest BCUT2D eigenvalue weighted by Crippen LogP contribution is 2.39. The number of benzene rings is 1. The van der Waals surface area contributed by atoms with Gasteiger partial charge in [0.05, 0.1) is 10.8 Å². The van der Waals surface area contributed by atoms with Crippen LogP contribution in [-0.4, -0.2) is 31.7 Å². The van der Waals surface area contributed by atoms with Crippen LogP contribution >= 0.6 is 0 Å². The molecule has 1 aromatic carbocycles. The van der Waals surface area contributed by atoms with Gasteiger partial charge in [0.15, 0.2) is 0 Å². The van der Waals surface area contributed by atoms with E-state index in [1.807, 2.05) is 6.92 Å². The van der Waals surface area contributed by atoms with Crippen LogP contribution in [0, 0.1) is 11.8 Å². The van der Waals surface area contributed by atoms with Crippen LogP contribution in [0.25, 0.3) is 0 Å². The fraction of sp³-hybridized carbons (Fsp3) is 0.611. The normalized spacial score (nSPS) is 30.5. The van der Waals surface area contributed by atoms with E-state index in [9.17, 15) is 13.2 Å². The zero-order chi connectivity index (χ0) is 16.9. The van der Waals surface area contributed by atoms with E-state index in [1.165, 1.54) is 19.3 Å². The van der Waals surface area contributed by atoms with Crippen molar-refractivity contribution in [3.63, 3.8) is 0 Å². The summed E-state index contributed by atoms with van der Waals surface area (Å²) in [5.74, 6) is 0.854. The van der Waals surface area contributed by atoms with Crippen molar-refractivity contribution >= 4 is 21.6 Å². The molecule has 1 amide bonds. The molecule has 1 N–H and O–H groups in total. The molecule has 4 rings (SSSR count). The van der Waals surface area contributed by atoms with Crippen LogP contribution < -0.4 is 5.32 Å². The van der Waals surface area contributed by atoms with Gasteiger partial charge in [-0.15, -0.1) is 0 Å². The Labute approximate surface area is 143 Å². The van der Waals surface area contributed by atoms with E-state index in [-0.39, 0.29) is 11.8 Å². The molecule has 2 heterocycles. The van der Waals surface area contributed by atoms with E-state index in [1.54, 1.807) is 22.5 Å². The molecule has 0 aromatic heterocycles. The second kappa shape index (κ2) is 5.85. The van der Waals surface area contributed by atoms with E-state index in [0.29, 0.717) is 29.8 Å². The van der Waals surface area contributed by atoms with Crippen molar-refractivity contribution in [1.82, 2.24) is 4.31 Å². The molecule has 0 bridgehead atoms. The van der Waals surface area contributed by atoms with Gasteiger partial charge in [-0.1, -0.05) is 19.3 Å². The summed E-state index contributed by atoms with van der Waals surface area (Å²) in [6.45, 7) is 3.08. The lowest BCUT2D eigenvalue weighted by atomic mass is 9.76. The minimum absolute atomic E-state index is 0.0671. The molecule has 1 aliphatic carbocycles. The quantitative estimate of drug-likeness (QED) is 0.893. The topological polar surface area (TPSA) is 66.5 Å². The Hall–Kier alpha value is -1.40. The van der Waals surface area contributed by atoms with Gasteiger partial charge in [-0.2, -0.15) is 4.31 Å². The third-order valence-corrected chi connectivity index (χ3v) is 7.89. The molecule has 1 aromatic rings.